The van der Waals surface area contributed by atoms with Gasteiger partial charge in [-0.15, -0.1) is 0 Å². The Balaban J connectivity index is 1.18. The smallest absolute Gasteiger partial charge is 0.0548 e. The van der Waals surface area contributed by atoms with Crippen molar-refractivity contribution in [3.05, 3.63) is 182 Å². The minimum absolute atomic E-state index is 1.15. The molecule has 0 aliphatic carbocycles. The van der Waals surface area contributed by atoms with Crippen molar-refractivity contribution in [3.63, 3.8) is 0 Å². The van der Waals surface area contributed by atoms with Gasteiger partial charge in [0.2, 0.25) is 0 Å². The number of para-hydroxylation sites is 2. The zero-order valence-electron chi connectivity index (χ0n) is 26.2. The minimum atomic E-state index is 1.15. The van der Waals surface area contributed by atoms with Crippen LogP contribution in [0.3, 0.4) is 0 Å². The van der Waals surface area contributed by atoms with Crippen molar-refractivity contribution in [2.45, 2.75) is 0 Å². The van der Waals surface area contributed by atoms with Gasteiger partial charge in [0.1, 0.15) is 0 Å². The molecule has 10 rings (SSSR count). The highest BCUT2D eigenvalue weighted by molar-refractivity contribution is 6.22. The van der Waals surface area contributed by atoms with Gasteiger partial charge in [-0.1, -0.05) is 127 Å². The van der Waals surface area contributed by atoms with E-state index in [9.17, 15) is 0 Å². The van der Waals surface area contributed by atoms with Gasteiger partial charge in [0, 0.05) is 33.7 Å². The Labute approximate surface area is 278 Å². The average Bonchev–Trinajstić information content (AvgIpc) is 3.74. The van der Waals surface area contributed by atoms with Crippen LogP contribution in [0.2, 0.25) is 0 Å². The van der Waals surface area contributed by atoms with Crippen LogP contribution in [0.15, 0.2) is 182 Å². The summed E-state index contributed by atoms with van der Waals surface area (Å²) in [4.78, 5) is 0. The first-order valence-corrected chi connectivity index (χ1v) is 16.5. The first-order valence-electron chi connectivity index (χ1n) is 16.5. The maximum absolute atomic E-state index is 2.42. The van der Waals surface area contributed by atoms with E-state index in [0.717, 1.165) is 5.69 Å². The highest BCUT2D eigenvalue weighted by atomic mass is 15.0. The molecule has 0 saturated heterocycles. The number of hydrogen-bond acceptors (Lipinski definition) is 0. The van der Waals surface area contributed by atoms with Crippen LogP contribution in [0.1, 0.15) is 0 Å². The van der Waals surface area contributed by atoms with Crippen LogP contribution in [0.5, 0.6) is 0 Å². The number of aromatic nitrogens is 2. The summed E-state index contributed by atoms with van der Waals surface area (Å²) < 4.78 is 4.70. The third-order valence-electron chi connectivity index (χ3n) is 9.95. The summed E-state index contributed by atoms with van der Waals surface area (Å²) in [5.74, 6) is 0. The first-order chi connectivity index (χ1) is 23.8. The van der Waals surface area contributed by atoms with Gasteiger partial charge in [-0.3, -0.25) is 0 Å². The van der Waals surface area contributed by atoms with Crippen LogP contribution >= 0.6 is 0 Å². The quantitative estimate of drug-likeness (QED) is 0.175. The fourth-order valence-corrected chi connectivity index (χ4v) is 7.91. The zero-order chi connectivity index (χ0) is 31.6. The highest BCUT2D eigenvalue weighted by Gasteiger charge is 2.19. The van der Waals surface area contributed by atoms with Crippen molar-refractivity contribution >= 4 is 54.3 Å². The Hall–Kier alpha value is -6.38. The highest BCUT2D eigenvalue weighted by Crippen LogP contribution is 2.44. The fourth-order valence-electron chi connectivity index (χ4n) is 7.91. The van der Waals surface area contributed by atoms with Gasteiger partial charge in [0.15, 0.2) is 0 Å². The summed E-state index contributed by atoms with van der Waals surface area (Å²) in [5, 5.41) is 8.90. The Bertz CT molecular complexity index is 2750. The average molecular weight is 611 g/mol. The lowest BCUT2D eigenvalue weighted by Crippen LogP contribution is -1.95. The second-order valence-electron chi connectivity index (χ2n) is 12.5. The Morgan fingerprint density at radius 3 is 1.40 bits per heavy atom. The number of hydrogen-bond donors (Lipinski definition) is 0. The van der Waals surface area contributed by atoms with E-state index in [2.05, 4.69) is 191 Å². The van der Waals surface area contributed by atoms with Gasteiger partial charge in [-0.2, -0.15) is 0 Å². The van der Waals surface area contributed by atoms with Crippen molar-refractivity contribution in [1.82, 2.24) is 9.13 Å². The number of benzene rings is 8. The van der Waals surface area contributed by atoms with Crippen LogP contribution in [0.4, 0.5) is 0 Å². The molecule has 0 N–H and O–H groups in total. The van der Waals surface area contributed by atoms with E-state index in [0.29, 0.717) is 0 Å². The van der Waals surface area contributed by atoms with E-state index < -0.39 is 0 Å². The van der Waals surface area contributed by atoms with Gasteiger partial charge < -0.3 is 9.13 Å². The molecule has 0 radical (unpaired) electrons. The SMILES string of the molecule is c1ccc(-c2c3ccccc3c(-c3ccc(-n4c5ccccc5c5c6ccn(-c7ccccc7)c6ccc54)cc3)c3ccccc23)cc1. The van der Waals surface area contributed by atoms with Crippen LogP contribution in [0.25, 0.3) is 87.9 Å². The molecule has 48 heavy (non-hydrogen) atoms. The maximum atomic E-state index is 2.42. The number of nitrogens with zero attached hydrogens (tertiary/aromatic N) is 2. The topological polar surface area (TPSA) is 9.86 Å². The largest absolute Gasteiger partial charge is 0.317 e. The number of rotatable bonds is 4. The summed E-state index contributed by atoms with van der Waals surface area (Å²) in [6.45, 7) is 0. The van der Waals surface area contributed by atoms with Gasteiger partial charge >= 0.3 is 0 Å². The lowest BCUT2D eigenvalue weighted by atomic mass is 9.86. The molecule has 0 saturated carbocycles. The molecular weight excluding hydrogens is 581 g/mol. The molecule has 2 heteroatoms. The predicted octanol–water partition coefficient (Wildman–Crippen LogP) is 12.4. The molecule has 0 aliphatic heterocycles. The molecule has 0 fully saturated rings. The molecule has 10 aromatic rings. The van der Waals surface area contributed by atoms with E-state index in [-0.39, 0.29) is 0 Å². The van der Waals surface area contributed by atoms with Gasteiger partial charge in [0.25, 0.3) is 0 Å². The molecule has 0 aliphatic rings. The standard InChI is InChI=1S/C46H30N2/c1-3-13-31(14-4-1)44-35-17-7-9-19-37(35)45(38-20-10-8-18-36(38)44)32-23-25-34(26-24-32)48-42-22-12-11-21-39(42)46-40-29-30-47(33-15-5-2-6-16-33)41(40)27-28-43(46)48/h1-30H. The molecule has 0 bridgehead atoms. The van der Waals surface area contributed by atoms with E-state index in [4.69, 9.17) is 0 Å². The Morgan fingerprint density at radius 1 is 0.292 bits per heavy atom. The van der Waals surface area contributed by atoms with Gasteiger partial charge in [-0.05, 0) is 92.3 Å². The molecule has 8 aromatic carbocycles. The molecular formula is C46H30N2. The molecule has 0 unspecified atom stereocenters. The van der Waals surface area contributed by atoms with Crippen LogP contribution in [-0.2, 0) is 0 Å². The van der Waals surface area contributed by atoms with E-state index in [1.54, 1.807) is 0 Å². The van der Waals surface area contributed by atoms with Crippen LogP contribution in [-0.4, -0.2) is 9.13 Å². The maximum Gasteiger partial charge on any atom is 0.0548 e. The summed E-state index contributed by atoms with van der Waals surface area (Å²) in [5.41, 5.74) is 11.0. The first kappa shape index (κ1) is 26.8. The monoisotopic (exact) mass is 610 g/mol. The summed E-state index contributed by atoms with van der Waals surface area (Å²) in [6.07, 6.45) is 2.19. The second kappa shape index (κ2) is 10.6. The normalized spacial score (nSPS) is 11.8. The van der Waals surface area contributed by atoms with Gasteiger partial charge in [-0.25, -0.2) is 0 Å². The Kier molecular flexibility index (Phi) is 5.91. The molecule has 2 heterocycles. The Morgan fingerprint density at radius 2 is 0.771 bits per heavy atom. The third kappa shape index (κ3) is 3.93. The van der Waals surface area contributed by atoms with Crippen molar-refractivity contribution in [2.24, 2.45) is 0 Å². The minimum Gasteiger partial charge on any atom is -0.317 e. The lowest BCUT2D eigenvalue weighted by Gasteiger charge is -2.18. The molecule has 2 nitrogen and oxygen atoms in total. The second-order valence-corrected chi connectivity index (χ2v) is 12.5. The number of fused-ring (bicyclic) bond motifs is 7. The molecule has 0 spiro atoms. The molecule has 224 valence electrons. The van der Waals surface area contributed by atoms with Crippen molar-refractivity contribution in [2.75, 3.05) is 0 Å². The van der Waals surface area contributed by atoms with E-state index >= 15 is 0 Å². The van der Waals surface area contributed by atoms with E-state index in [1.807, 2.05) is 0 Å². The van der Waals surface area contributed by atoms with Gasteiger partial charge in [0.05, 0.1) is 16.6 Å². The fraction of sp³-hybridized carbons (Fsp3) is 0. The van der Waals surface area contributed by atoms with Crippen molar-refractivity contribution in [1.29, 1.82) is 0 Å². The van der Waals surface area contributed by atoms with Crippen molar-refractivity contribution < 1.29 is 0 Å². The molecule has 2 aromatic heterocycles. The van der Waals surface area contributed by atoms with Crippen molar-refractivity contribution in [3.8, 4) is 33.6 Å². The molecule has 0 amide bonds. The summed E-state index contributed by atoms with van der Waals surface area (Å²) in [7, 11) is 0. The van der Waals surface area contributed by atoms with Crippen LogP contribution in [0, 0.1) is 0 Å². The third-order valence-corrected chi connectivity index (χ3v) is 9.95. The lowest BCUT2D eigenvalue weighted by molar-refractivity contribution is 1.13. The summed E-state index contributed by atoms with van der Waals surface area (Å²) >= 11 is 0. The van der Waals surface area contributed by atoms with Crippen LogP contribution < -0.4 is 0 Å². The predicted molar refractivity (Wildman–Crippen MR) is 203 cm³/mol. The zero-order valence-corrected chi connectivity index (χ0v) is 26.2. The molecule has 0 atom stereocenters. The van der Waals surface area contributed by atoms with E-state index in [1.165, 1.54) is 82.2 Å². The summed E-state index contributed by atoms with van der Waals surface area (Å²) in [6, 6.07) is 63.9.